The topological polar surface area (TPSA) is 91.2 Å². The Labute approximate surface area is 123 Å². The molecule has 6 heteroatoms. The number of nitriles is 1. The van der Waals surface area contributed by atoms with Crippen molar-refractivity contribution in [3.8, 4) is 6.07 Å². The molecule has 21 heavy (non-hydrogen) atoms. The molecule has 1 aromatic carbocycles. The van der Waals surface area contributed by atoms with Crippen LogP contribution in [-0.2, 0) is 9.53 Å². The Bertz CT molecular complexity index is 600. The minimum Gasteiger partial charge on any atom is -0.465 e. The van der Waals surface area contributed by atoms with Gasteiger partial charge in [0.1, 0.15) is 11.6 Å². The summed E-state index contributed by atoms with van der Waals surface area (Å²) in [5.74, 6) is -0.912. The Morgan fingerprint density at radius 2 is 2.10 bits per heavy atom. The second kappa shape index (κ2) is 7.70. The molecule has 0 spiro atoms. The molecule has 0 aliphatic carbocycles. The summed E-state index contributed by atoms with van der Waals surface area (Å²) in [6.07, 6.45) is 1.30. The fourth-order valence-electron chi connectivity index (χ4n) is 1.50. The number of rotatable bonds is 5. The predicted molar refractivity (Wildman–Crippen MR) is 78.4 cm³/mol. The van der Waals surface area contributed by atoms with E-state index in [0.29, 0.717) is 11.3 Å². The molecule has 0 atom stereocenters. The van der Waals surface area contributed by atoms with Crippen LogP contribution in [0, 0.1) is 11.3 Å². The second-order valence-corrected chi connectivity index (χ2v) is 4.51. The van der Waals surface area contributed by atoms with Crippen molar-refractivity contribution in [3.05, 3.63) is 41.6 Å². The van der Waals surface area contributed by atoms with E-state index < -0.39 is 11.9 Å². The number of nitrogens with zero attached hydrogens (tertiary/aromatic N) is 1. The lowest BCUT2D eigenvalue weighted by molar-refractivity contribution is -0.117. The van der Waals surface area contributed by atoms with Crippen LogP contribution < -0.4 is 10.6 Å². The second-order valence-electron chi connectivity index (χ2n) is 4.51. The standard InChI is InChI=1S/C15H17N3O3/c1-10(2)18-14(19)12(8-16)9-17-13-6-4-5-11(7-13)15(20)21-3/h4-7,9-10,17H,1-3H3,(H,18,19)/b12-9-. The zero-order chi connectivity index (χ0) is 15.8. The molecule has 0 radical (unpaired) electrons. The van der Waals surface area contributed by atoms with Gasteiger partial charge in [-0.05, 0) is 32.0 Å². The molecule has 0 fully saturated rings. The summed E-state index contributed by atoms with van der Waals surface area (Å²) in [5.41, 5.74) is 0.899. The van der Waals surface area contributed by atoms with Gasteiger partial charge in [0.25, 0.3) is 5.91 Å². The number of carbonyl (C=O) groups is 2. The van der Waals surface area contributed by atoms with Crippen molar-refractivity contribution in [2.24, 2.45) is 0 Å². The molecule has 0 heterocycles. The third kappa shape index (κ3) is 4.99. The molecule has 0 saturated carbocycles. The minimum atomic E-state index is -0.458. The molecule has 0 saturated heterocycles. The third-order valence-electron chi connectivity index (χ3n) is 2.45. The maximum atomic E-state index is 11.7. The van der Waals surface area contributed by atoms with E-state index in [4.69, 9.17) is 5.26 Å². The fourth-order valence-corrected chi connectivity index (χ4v) is 1.50. The van der Waals surface area contributed by atoms with Crippen molar-refractivity contribution in [2.45, 2.75) is 19.9 Å². The molecule has 0 aromatic heterocycles. The van der Waals surface area contributed by atoms with Gasteiger partial charge in [-0.2, -0.15) is 5.26 Å². The zero-order valence-corrected chi connectivity index (χ0v) is 12.1. The van der Waals surface area contributed by atoms with Gasteiger partial charge in [0, 0.05) is 17.9 Å². The molecule has 0 aliphatic rings. The van der Waals surface area contributed by atoms with Crippen LogP contribution >= 0.6 is 0 Å². The maximum absolute atomic E-state index is 11.7. The number of benzene rings is 1. The van der Waals surface area contributed by atoms with Crippen LogP contribution in [0.25, 0.3) is 0 Å². The summed E-state index contributed by atoms with van der Waals surface area (Å²) in [7, 11) is 1.30. The average molecular weight is 287 g/mol. The number of amides is 1. The van der Waals surface area contributed by atoms with E-state index in [1.807, 2.05) is 6.07 Å². The van der Waals surface area contributed by atoms with Crippen LogP contribution in [0.3, 0.4) is 0 Å². The largest absolute Gasteiger partial charge is 0.465 e. The maximum Gasteiger partial charge on any atom is 0.337 e. The molecular formula is C15H17N3O3. The average Bonchev–Trinajstić information content (AvgIpc) is 2.46. The molecule has 2 N–H and O–H groups in total. The number of esters is 1. The highest BCUT2D eigenvalue weighted by atomic mass is 16.5. The summed E-state index contributed by atoms with van der Waals surface area (Å²) in [6.45, 7) is 3.61. The monoisotopic (exact) mass is 287 g/mol. The first-order valence-corrected chi connectivity index (χ1v) is 6.34. The summed E-state index contributed by atoms with van der Waals surface area (Å²) in [5, 5.41) is 14.4. The van der Waals surface area contributed by atoms with Crippen LogP contribution in [-0.4, -0.2) is 25.0 Å². The normalized spacial score (nSPS) is 10.7. The Morgan fingerprint density at radius 3 is 2.67 bits per heavy atom. The number of nitrogens with one attached hydrogen (secondary N) is 2. The molecule has 1 amide bonds. The number of hydrogen-bond acceptors (Lipinski definition) is 5. The Kier molecular flexibility index (Phi) is 5.96. The Hall–Kier alpha value is -2.81. The first kappa shape index (κ1) is 16.2. The highest BCUT2D eigenvalue weighted by Crippen LogP contribution is 2.12. The Balaban J connectivity index is 2.85. The fraction of sp³-hybridized carbons (Fsp3) is 0.267. The van der Waals surface area contributed by atoms with Gasteiger partial charge < -0.3 is 15.4 Å². The number of ether oxygens (including phenoxy) is 1. The zero-order valence-electron chi connectivity index (χ0n) is 12.1. The smallest absolute Gasteiger partial charge is 0.337 e. The van der Waals surface area contributed by atoms with Gasteiger partial charge >= 0.3 is 5.97 Å². The van der Waals surface area contributed by atoms with Crippen LogP contribution in [0.4, 0.5) is 5.69 Å². The quantitative estimate of drug-likeness (QED) is 0.489. The number of carbonyl (C=O) groups excluding carboxylic acids is 2. The summed E-state index contributed by atoms with van der Waals surface area (Å²) >= 11 is 0. The predicted octanol–water partition coefficient (Wildman–Crippen LogP) is 1.82. The molecule has 1 aromatic rings. The van der Waals surface area contributed by atoms with E-state index in [-0.39, 0.29) is 11.6 Å². The van der Waals surface area contributed by atoms with E-state index in [1.165, 1.54) is 13.3 Å². The number of methoxy groups -OCH3 is 1. The SMILES string of the molecule is COC(=O)c1cccc(N/C=C(/C#N)C(=O)NC(C)C)c1. The third-order valence-corrected chi connectivity index (χ3v) is 2.45. The van der Waals surface area contributed by atoms with Gasteiger partial charge in [0.2, 0.25) is 0 Å². The van der Waals surface area contributed by atoms with Crippen LogP contribution in [0.1, 0.15) is 24.2 Å². The highest BCUT2D eigenvalue weighted by Gasteiger charge is 2.10. The van der Waals surface area contributed by atoms with Gasteiger partial charge in [-0.1, -0.05) is 6.07 Å². The number of hydrogen-bond donors (Lipinski definition) is 2. The van der Waals surface area contributed by atoms with Gasteiger partial charge in [-0.25, -0.2) is 4.79 Å². The Morgan fingerprint density at radius 1 is 1.38 bits per heavy atom. The van der Waals surface area contributed by atoms with Gasteiger partial charge in [-0.3, -0.25) is 4.79 Å². The van der Waals surface area contributed by atoms with Crippen molar-refractivity contribution in [1.29, 1.82) is 5.26 Å². The number of anilines is 1. The van der Waals surface area contributed by atoms with E-state index in [0.717, 1.165) is 0 Å². The van der Waals surface area contributed by atoms with Crippen LogP contribution in [0.2, 0.25) is 0 Å². The molecule has 110 valence electrons. The van der Waals surface area contributed by atoms with Crippen molar-refractivity contribution in [2.75, 3.05) is 12.4 Å². The lowest BCUT2D eigenvalue weighted by atomic mass is 10.2. The molecule has 6 nitrogen and oxygen atoms in total. The molecule has 0 aliphatic heterocycles. The first-order valence-electron chi connectivity index (χ1n) is 6.34. The molecule has 0 unspecified atom stereocenters. The first-order chi connectivity index (χ1) is 9.97. The summed E-state index contributed by atoms with van der Waals surface area (Å²) in [4.78, 5) is 23.1. The molecule has 0 bridgehead atoms. The van der Waals surface area contributed by atoms with Gasteiger partial charge in [0.15, 0.2) is 0 Å². The lowest BCUT2D eigenvalue weighted by Gasteiger charge is -2.08. The van der Waals surface area contributed by atoms with E-state index >= 15 is 0 Å². The van der Waals surface area contributed by atoms with Gasteiger partial charge in [0.05, 0.1) is 12.7 Å². The summed E-state index contributed by atoms with van der Waals surface area (Å²) in [6, 6.07) is 8.31. The van der Waals surface area contributed by atoms with Crippen molar-refractivity contribution in [1.82, 2.24) is 5.32 Å². The van der Waals surface area contributed by atoms with Crippen molar-refractivity contribution >= 4 is 17.6 Å². The van der Waals surface area contributed by atoms with Gasteiger partial charge in [-0.15, -0.1) is 0 Å². The van der Waals surface area contributed by atoms with Crippen molar-refractivity contribution in [3.63, 3.8) is 0 Å². The molecular weight excluding hydrogens is 270 g/mol. The van der Waals surface area contributed by atoms with Crippen LogP contribution in [0.5, 0.6) is 0 Å². The van der Waals surface area contributed by atoms with E-state index in [2.05, 4.69) is 15.4 Å². The minimum absolute atomic E-state index is 0.0489. The van der Waals surface area contributed by atoms with Crippen molar-refractivity contribution < 1.29 is 14.3 Å². The molecule has 1 rings (SSSR count). The van der Waals surface area contributed by atoms with E-state index in [9.17, 15) is 9.59 Å². The summed E-state index contributed by atoms with van der Waals surface area (Å²) < 4.78 is 4.62. The lowest BCUT2D eigenvalue weighted by Crippen LogP contribution is -2.31. The van der Waals surface area contributed by atoms with E-state index in [1.54, 1.807) is 38.1 Å². The van der Waals surface area contributed by atoms with Crippen LogP contribution in [0.15, 0.2) is 36.0 Å². The highest BCUT2D eigenvalue weighted by molar-refractivity contribution is 5.97.